The number of carbonyl (C=O) groups is 3. The minimum atomic E-state index is -1.26. The summed E-state index contributed by atoms with van der Waals surface area (Å²) < 4.78 is 21.5. The first-order chi connectivity index (χ1) is 18.7. The minimum absolute atomic E-state index is 0.0118. The summed E-state index contributed by atoms with van der Waals surface area (Å²) in [5, 5.41) is 20.0. The number of carboxylic acids is 2. The Labute approximate surface area is 229 Å². The van der Waals surface area contributed by atoms with Gasteiger partial charge in [-0.15, -0.1) is 0 Å². The van der Waals surface area contributed by atoms with E-state index in [0.717, 1.165) is 55.1 Å². The maximum absolute atomic E-state index is 13.4. The molecule has 1 aromatic heterocycles. The van der Waals surface area contributed by atoms with Gasteiger partial charge in [0.1, 0.15) is 18.2 Å². The Hall–Kier alpha value is -4.09. The van der Waals surface area contributed by atoms with Crippen LogP contribution in [0.3, 0.4) is 0 Å². The molecule has 1 aliphatic heterocycles. The Morgan fingerprint density at radius 2 is 1.82 bits per heavy atom. The quantitative estimate of drug-likeness (QED) is 0.304. The average molecular weight is 561 g/mol. The van der Waals surface area contributed by atoms with Gasteiger partial charge in [-0.05, 0) is 49.0 Å². The topological polar surface area (TPSA) is 124 Å². The van der Waals surface area contributed by atoms with E-state index in [1.165, 1.54) is 12.1 Å². The highest BCUT2D eigenvalue weighted by molar-refractivity contribution is 6.31. The number of likely N-dealkylation sites (N-methyl/N-ethyl adjacent to an activating group) is 1. The van der Waals surface area contributed by atoms with Crippen LogP contribution in [0.1, 0.15) is 6.92 Å². The van der Waals surface area contributed by atoms with E-state index in [2.05, 4.69) is 17.1 Å². The SMILES string of the molecule is CCN(CCOc1cn(-c2ccc(F)cc2)c2ccc(Cl)cc12)CCN1CCNC1=O.O=C(O)C=CC(=O)O. The van der Waals surface area contributed by atoms with Crippen molar-refractivity contribution in [1.82, 2.24) is 19.7 Å². The molecule has 0 aliphatic carbocycles. The summed E-state index contributed by atoms with van der Waals surface area (Å²) in [7, 11) is 0. The van der Waals surface area contributed by atoms with Crippen LogP contribution in [0.25, 0.3) is 16.6 Å². The summed E-state index contributed by atoms with van der Waals surface area (Å²) in [5.41, 5.74) is 1.79. The molecule has 0 saturated carbocycles. The molecule has 2 heterocycles. The van der Waals surface area contributed by atoms with Gasteiger partial charge in [-0.1, -0.05) is 18.5 Å². The van der Waals surface area contributed by atoms with E-state index in [4.69, 9.17) is 26.6 Å². The van der Waals surface area contributed by atoms with Crippen LogP contribution in [0.2, 0.25) is 5.02 Å². The first-order valence-corrected chi connectivity index (χ1v) is 12.6. The van der Waals surface area contributed by atoms with Crippen molar-refractivity contribution in [3.8, 4) is 11.4 Å². The van der Waals surface area contributed by atoms with E-state index in [-0.39, 0.29) is 11.8 Å². The summed E-state index contributed by atoms with van der Waals surface area (Å²) in [6, 6.07) is 12.0. The number of nitrogens with zero attached hydrogens (tertiary/aromatic N) is 3. The molecule has 12 heteroatoms. The molecule has 0 radical (unpaired) electrons. The third-order valence-corrected chi connectivity index (χ3v) is 6.18. The van der Waals surface area contributed by atoms with Crippen LogP contribution >= 0.6 is 11.6 Å². The molecule has 3 aromatic rings. The molecular weight excluding hydrogens is 531 g/mol. The molecule has 2 aromatic carbocycles. The number of fused-ring (bicyclic) bond motifs is 1. The monoisotopic (exact) mass is 560 g/mol. The summed E-state index contributed by atoms with van der Waals surface area (Å²) >= 11 is 6.23. The molecule has 208 valence electrons. The maximum Gasteiger partial charge on any atom is 0.328 e. The number of rotatable bonds is 11. The molecule has 4 rings (SSSR count). The van der Waals surface area contributed by atoms with Gasteiger partial charge in [0.15, 0.2) is 0 Å². The molecule has 0 bridgehead atoms. The summed E-state index contributed by atoms with van der Waals surface area (Å²) in [5.74, 6) is -2.05. The van der Waals surface area contributed by atoms with Crippen LogP contribution in [-0.4, -0.2) is 88.4 Å². The number of benzene rings is 2. The largest absolute Gasteiger partial charge is 0.490 e. The molecule has 1 saturated heterocycles. The third-order valence-electron chi connectivity index (χ3n) is 5.95. The van der Waals surface area contributed by atoms with Crippen molar-refractivity contribution in [2.75, 3.05) is 45.9 Å². The molecule has 1 fully saturated rings. The third kappa shape index (κ3) is 8.72. The molecule has 10 nitrogen and oxygen atoms in total. The number of aromatic nitrogens is 1. The number of halogens is 2. The first-order valence-electron chi connectivity index (χ1n) is 12.3. The van der Waals surface area contributed by atoms with E-state index in [9.17, 15) is 18.8 Å². The molecule has 0 atom stereocenters. The van der Waals surface area contributed by atoms with E-state index in [1.807, 2.05) is 33.9 Å². The second kappa shape index (κ2) is 14.2. The second-order valence-electron chi connectivity index (χ2n) is 8.51. The van der Waals surface area contributed by atoms with Crippen LogP contribution in [0, 0.1) is 5.82 Å². The van der Waals surface area contributed by atoms with Crippen molar-refractivity contribution >= 4 is 40.5 Å². The van der Waals surface area contributed by atoms with Gasteiger partial charge in [-0.3, -0.25) is 4.90 Å². The minimum Gasteiger partial charge on any atom is -0.490 e. The van der Waals surface area contributed by atoms with Gasteiger partial charge in [0.05, 0.1) is 11.7 Å². The number of nitrogens with one attached hydrogen (secondary N) is 1. The smallest absolute Gasteiger partial charge is 0.328 e. The van der Waals surface area contributed by atoms with Crippen molar-refractivity contribution < 1.29 is 33.7 Å². The lowest BCUT2D eigenvalue weighted by atomic mass is 10.2. The van der Waals surface area contributed by atoms with Crippen molar-refractivity contribution in [2.24, 2.45) is 0 Å². The molecule has 39 heavy (non-hydrogen) atoms. The Morgan fingerprint density at radius 3 is 2.41 bits per heavy atom. The number of urea groups is 1. The van der Waals surface area contributed by atoms with Gasteiger partial charge in [-0.2, -0.15) is 0 Å². The predicted molar refractivity (Wildman–Crippen MR) is 145 cm³/mol. The van der Waals surface area contributed by atoms with Crippen LogP contribution in [0.5, 0.6) is 5.75 Å². The zero-order valence-electron chi connectivity index (χ0n) is 21.3. The fourth-order valence-electron chi connectivity index (χ4n) is 3.94. The van der Waals surface area contributed by atoms with Gasteiger partial charge >= 0.3 is 18.0 Å². The molecule has 3 N–H and O–H groups in total. The van der Waals surface area contributed by atoms with Gasteiger partial charge in [0, 0.05) is 61.0 Å². The number of hydrogen-bond acceptors (Lipinski definition) is 5. The predicted octanol–water partition coefficient (Wildman–Crippen LogP) is 3.86. The molecule has 2 amide bonds. The lowest BCUT2D eigenvalue weighted by Gasteiger charge is -2.23. The Morgan fingerprint density at radius 1 is 1.13 bits per heavy atom. The lowest BCUT2D eigenvalue weighted by Crippen LogP contribution is -2.38. The zero-order valence-corrected chi connectivity index (χ0v) is 22.1. The van der Waals surface area contributed by atoms with E-state index >= 15 is 0 Å². The maximum atomic E-state index is 13.4. The average Bonchev–Trinajstić information content (AvgIpc) is 3.48. The van der Waals surface area contributed by atoms with E-state index in [0.29, 0.717) is 30.3 Å². The van der Waals surface area contributed by atoms with Crippen molar-refractivity contribution in [3.63, 3.8) is 0 Å². The number of amides is 2. The van der Waals surface area contributed by atoms with Gasteiger partial charge < -0.3 is 29.7 Å². The zero-order chi connectivity index (χ0) is 28.4. The van der Waals surface area contributed by atoms with E-state index < -0.39 is 11.9 Å². The van der Waals surface area contributed by atoms with Crippen molar-refractivity contribution in [1.29, 1.82) is 0 Å². The Balaban J connectivity index is 0.000000459. The summed E-state index contributed by atoms with van der Waals surface area (Å²) in [6.07, 6.45) is 3.03. The highest BCUT2D eigenvalue weighted by Gasteiger charge is 2.19. The normalized spacial score (nSPS) is 13.0. The van der Waals surface area contributed by atoms with Crippen molar-refractivity contribution in [3.05, 3.63) is 71.7 Å². The number of ether oxygens (including phenoxy) is 1. The second-order valence-corrected chi connectivity index (χ2v) is 8.95. The van der Waals surface area contributed by atoms with Gasteiger partial charge in [0.25, 0.3) is 0 Å². The number of carboxylic acid groups (broad SMARTS) is 2. The molecular formula is C27H30ClFN4O6. The summed E-state index contributed by atoms with van der Waals surface area (Å²) in [4.78, 5) is 34.9. The number of carbonyl (C=O) groups excluding carboxylic acids is 1. The Kier molecular flexibility index (Phi) is 10.7. The fourth-order valence-corrected chi connectivity index (χ4v) is 4.12. The van der Waals surface area contributed by atoms with Gasteiger partial charge in [-0.25, -0.2) is 18.8 Å². The van der Waals surface area contributed by atoms with Crippen LogP contribution in [-0.2, 0) is 9.59 Å². The standard InChI is InChI=1S/C23H26ClFN4O2.C4H4O4/c1-2-27(11-12-28-10-9-26-23(28)30)13-14-31-22-16-29(19-6-4-18(25)5-7-19)21-8-3-17(24)15-20(21)22;5-3(6)1-2-4(7)8/h3-8,15-16H,2,9-14H2,1H3,(H,26,30);1-2H,(H,5,6)(H,7,8). The van der Waals surface area contributed by atoms with Crippen LogP contribution in [0.4, 0.5) is 9.18 Å². The highest BCUT2D eigenvalue weighted by Crippen LogP contribution is 2.32. The molecule has 0 unspecified atom stereocenters. The fraction of sp³-hybridized carbons (Fsp3) is 0.296. The lowest BCUT2D eigenvalue weighted by molar-refractivity contribution is -0.134. The van der Waals surface area contributed by atoms with Crippen LogP contribution in [0.15, 0.2) is 60.8 Å². The van der Waals surface area contributed by atoms with Gasteiger partial charge in [0.2, 0.25) is 0 Å². The molecule has 1 aliphatic rings. The number of hydrogen-bond donors (Lipinski definition) is 3. The highest BCUT2D eigenvalue weighted by atomic mass is 35.5. The Bertz CT molecular complexity index is 1310. The van der Waals surface area contributed by atoms with Crippen molar-refractivity contribution in [2.45, 2.75) is 6.92 Å². The number of aliphatic carboxylic acids is 2. The first kappa shape index (κ1) is 29.5. The van der Waals surface area contributed by atoms with Crippen LogP contribution < -0.4 is 10.1 Å². The summed E-state index contributed by atoms with van der Waals surface area (Å²) in [6.45, 7) is 7.22. The van der Waals surface area contributed by atoms with E-state index in [1.54, 1.807) is 12.1 Å². The molecule has 0 spiro atoms.